The molecule has 10 heteroatoms. The molecule has 3 heterocycles. The van der Waals surface area contributed by atoms with Crippen molar-refractivity contribution in [3.8, 4) is 11.4 Å². The number of rotatable bonds is 5. The van der Waals surface area contributed by atoms with Crippen molar-refractivity contribution in [2.45, 2.75) is 20.3 Å². The monoisotopic (exact) mass is 434 g/mol. The average molecular weight is 434 g/mol. The Kier molecular flexibility index (Phi) is 5.54. The van der Waals surface area contributed by atoms with Crippen molar-refractivity contribution in [3.63, 3.8) is 0 Å². The molecule has 1 aromatic carbocycles. The van der Waals surface area contributed by atoms with E-state index in [0.717, 1.165) is 4.70 Å². The number of fused-ring (bicyclic) bond motifs is 1. The van der Waals surface area contributed by atoms with E-state index >= 15 is 0 Å². The lowest BCUT2D eigenvalue weighted by molar-refractivity contribution is -0.116. The molecule has 3 aromatic heterocycles. The van der Waals surface area contributed by atoms with Gasteiger partial charge in [-0.05, 0) is 37.3 Å². The number of benzene rings is 1. The van der Waals surface area contributed by atoms with Crippen LogP contribution in [-0.2, 0) is 16.0 Å². The summed E-state index contributed by atoms with van der Waals surface area (Å²) < 4.78 is 0.818. The van der Waals surface area contributed by atoms with Crippen LogP contribution in [0.4, 0.5) is 10.8 Å². The Morgan fingerprint density at radius 2 is 2.00 bits per heavy atom. The lowest BCUT2D eigenvalue weighted by Crippen LogP contribution is -2.23. The topological polar surface area (TPSA) is 130 Å². The van der Waals surface area contributed by atoms with Crippen LogP contribution in [0.1, 0.15) is 18.2 Å². The van der Waals surface area contributed by atoms with Gasteiger partial charge in [0.2, 0.25) is 11.8 Å². The summed E-state index contributed by atoms with van der Waals surface area (Å²) in [6.45, 7) is 3.13. The first kappa shape index (κ1) is 20.4. The van der Waals surface area contributed by atoms with Crippen LogP contribution in [0.5, 0.6) is 0 Å². The maximum absolute atomic E-state index is 12.5. The standard InChI is InChI=1S/C21H18N6O3S/c1-11-15(20(30)27-19(23-11)13-4-3-7-22-10-13)9-18(29)26-21-25-16-6-5-14(24-12(2)28)8-17(16)31-21/h3-8,10H,9H2,1-2H3,(H,24,28)(H,23,27,30)(H,25,26,29). The first-order valence-electron chi connectivity index (χ1n) is 9.37. The molecule has 0 atom stereocenters. The lowest BCUT2D eigenvalue weighted by Gasteiger charge is -2.07. The number of pyridine rings is 1. The Morgan fingerprint density at radius 3 is 2.71 bits per heavy atom. The van der Waals surface area contributed by atoms with Gasteiger partial charge in [-0.15, -0.1) is 0 Å². The van der Waals surface area contributed by atoms with Crippen LogP contribution in [0.25, 0.3) is 21.6 Å². The zero-order valence-corrected chi connectivity index (χ0v) is 17.5. The Morgan fingerprint density at radius 1 is 1.16 bits per heavy atom. The summed E-state index contributed by atoms with van der Waals surface area (Å²) in [4.78, 5) is 51.8. The van der Waals surface area contributed by atoms with Crippen LogP contribution in [0, 0.1) is 6.92 Å². The summed E-state index contributed by atoms with van der Waals surface area (Å²) in [7, 11) is 0. The molecule has 2 amide bonds. The number of carbonyl (C=O) groups is 2. The van der Waals surface area contributed by atoms with E-state index in [9.17, 15) is 14.4 Å². The van der Waals surface area contributed by atoms with Crippen molar-refractivity contribution in [1.82, 2.24) is 19.9 Å². The number of H-pyrrole nitrogens is 1. The number of aryl methyl sites for hydroxylation is 1. The fourth-order valence-electron chi connectivity index (χ4n) is 3.04. The average Bonchev–Trinajstić information content (AvgIpc) is 3.12. The van der Waals surface area contributed by atoms with Crippen LogP contribution in [0.3, 0.4) is 0 Å². The van der Waals surface area contributed by atoms with Crippen molar-refractivity contribution >= 4 is 44.2 Å². The molecular formula is C21H18N6O3S. The molecule has 31 heavy (non-hydrogen) atoms. The molecule has 3 N–H and O–H groups in total. The Hall–Kier alpha value is -3.92. The maximum Gasteiger partial charge on any atom is 0.255 e. The molecule has 0 aliphatic rings. The van der Waals surface area contributed by atoms with E-state index in [1.165, 1.54) is 18.3 Å². The highest BCUT2D eigenvalue weighted by atomic mass is 32.1. The molecular weight excluding hydrogens is 416 g/mol. The summed E-state index contributed by atoms with van der Waals surface area (Å²) in [6, 6.07) is 8.85. The normalized spacial score (nSPS) is 10.8. The van der Waals surface area contributed by atoms with Gasteiger partial charge < -0.3 is 15.6 Å². The number of nitrogens with zero attached hydrogens (tertiary/aromatic N) is 3. The Balaban J connectivity index is 1.51. The minimum absolute atomic E-state index is 0.130. The number of aromatic nitrogens is 4. The minimum Gasteiger partial charge on any atom is -0.326 e. The Bertz CT molecular complexity index is 1350. The van der Waals surface area contributed by atoms with E-state index in [2.05, 4.69) is 30.6 Å². The number of anilines is 2. The van der Waals surface area contributed by atoms with Crippen LogP contribution in [0.2, 0.25) is 0 Å². The second-order valence-corrected chi connectivity index (χ2v) is 7.86. The number of hydrogen-bond acceptors (Lipinski definition) is 7. The summed E-state index contributed by atoms with van der Waals surface area (Å²) in [5.74, 6) is -0.132. The van der Waals surface area contributed by atoms with Crippen molar-refractivity contribution in [2.75, 3.05) is 10.6 Å². The molecule has 0 saturated carbocycles. The number of thiazole rings is 1. The quantitative estimate of drug-likeness (QED) is 0.443. The number of aromatic amines is 1. The zero-order valence-electron chi connectivity index (χ0n) is 16.7. The third kappa shape index (κ3) is 4.64. The highest BCUT2D eigenvalue weighted by Gasteiger charge is 2.15. The van der Waals surface area contributed by atoms with Gasteiger partial charge in [-0.2, -0.15) is 0 Å². The molecule has 0 saturated heterocycles. The van der Waals surface area contributed by atoms with E-state index in [-0.39, 0.29) is 23.8 Å². The Labute approximate surface area is 180 Å². The predicted octanol–water partition coefficient (Wildman–Crippen LogP) is 2.89. The van der Waals surface area contributed by atoms with Crippen LogP contribution >= 0.6 is 11.3 Å². The second kappa shape index (κ2) is 8.44. The molecule has 4 aromatic rings. The summed E-state index contributed by atoms with van der Waals surface area (Å²) in [5.41, 5.74) is 2.44. The molecule has 9 nitrogen and oxygen atoms in total. The number of nitrogens with one attached hydrogen (secondary N) is 3. The molecule has 0 spiro atoms. The van der Waals surface area contributed by atoms with Crippen LogP contribution in [-0.4, -0.2) is 31.8 Å². The highest BCUT2D eigenvalue weighted by molar-refractivity contribution is 7.22. The predicted molar refractivity (Wildman–Crippen MR) is 119 cm³/mol. The van der Waals surface area contributed by atoms with Crippen molar-refractivity contribution in [3.05, 3.63) is 64.3 Å². The fraction of sp³-hybridized carbons (Fsp3) is 0.143. The first-order chi connectivity index (χ1) is 14.9. The van der Waals surface area contributed by atoms with Gasteiger partial charge in [-0.1, -0.05) is 11.3 Å². The van der Waals surface area contributed by atoms with Gasteiger partial charge in [0.05, 0.1) is 16.6 Å². The van der Waals surface area contributed by atoms with Gasteiger partial charge in [0.25, 0.3) is 5.56 Å². The highest BCUT2D eigenvalue weighted by Crippen LogP contribution is 2.28. The largest absolute Gasteiger partial charge is 0.326 e. The summed E-state index contributed by atoms with van der Waals surface area (Å²) >= 11 is 1.28. The maximum atomic E-state index is 12.5. The van der Waals surface area contributed by atoms with Crippen molar-refractivity contribution in [2.24, 2.45) is 0 Å². The van der Waals surface area contributed by atoms with Crippen LogP contribution < -0.4 is 16.2 Å². The van der Waals surface area contributed by atoms with Gasteiger partial charge >= 0.3 is 0 Å². The molecule has 0 radical (unpaired) electrons. The lowest BCUT2D eigenvalue weighted by atomic mass is 10.1. The molecule has 0 bridgehead atoms. The van der Waals surface area contributed by atoms with Crippen LogP contribution in [0.15, 0.2) is 47.5 Å². The third-order valence-corrected chi connectivity index (χ3v) is 5.38. The summed E-state index contributed by atoms with van der Waals surface area (Å²) in [5, 5.41) is 5.85. The molecule has 0 aliphatic heterocycles. The number of hydrogen-bond donors (Lipinski definition) is 3. The molecule has 0 unspecified atom stereocenters. The van der Waals surface area contributed by atoms with E-state index < -0.39 is 0 Å². The SMILES string of the molecule is CC(=O)Nc1ccc2nc(NC(=O)Cc3c(C)nc(-c4cccnc4)[nH]c3=O)sc2c1. The van der Waals surface area contributed by atoms with Crippen molar-refractivity contribution < 1.29 is 9.59 Å². The number of carbonyl (C=O) groups excluding carboxylic acids is 2. The summed E-state index contributed by atoms with van der Waals surface area (Å²) in [6.07, 6.45) is 3.11. The van der Waals surface area contributed by atoms with Gasteiger partial charge in [0.15, 0.2) is 5.13 Å². The smallest absolute Gasteiger partial charge is 0.255 e. The minimum atomic E-state index is -0.370. The second-order valence-electron chi connectivity index (χ2n) is 6.83. The van der Waals surface area contributed by atoms with E-state index in [4.69, 9.17) is 0 Å². The van der Waals surface area contributed by atoms with Gasteiger partial charge in [-0.25, -0.2) is 9.97 Å². The zero-order chi connectivity index (χ0) is 22.0. The molecule has 0 fully saturated rings. The van der Waals surface area contributed by atoms with Gasteiger partial charge in [0.1, 0.15) is 5.82 Å². The van der Waals surface area contributed by atoms with Crippen molar-refractivity contribution in [1.29, 1.82) is 0 Å². The van der Waals surface area contributed by atoms with Gasteiger partial charge in [-0.3, -0.25) is 19.4 Å². The number of amides is 2. The molecule has 4 rings (SSSR count). The third-order valence-electron chi connectivity index (χ3n) is 4.45. The first-order valence-corrected chi connectivity index (χ1v) is 10.2. The van der Waals surface area contributed by atoms with E-state index in [0.29, 0.717) is 39.0 Å². The fourth-order valence-corrected chi connectivity index (χ4v) is 3.96. The molecule has 156 valence electrons. The van der Waals surface area contributed by atoms with E-state index in [1.54, 1.807) is 49.6 Å². The van der Waals surface area contributed by atoms with Gasteiger partial charge in [0, 0.05) is 41.8 Å². The molecule has 0 aliphatic carbocycles. The van der Waals surface area contributed by atoms with E-state index in [1.807, 2.05) is 0 Å².